The van der Waals surface area contributed by atoms with E-state index < -0.39 is 11.9 Å². The summed E-state index contributed by atoms with van der Waals surface area (Å²) in [5.74, 6) is -0.539. The van der Waals surface area contributed by atoms with E-state index in [0.29, 0.717) is 0 Å². The van der Waals surface area contributed by atoms with Crippen molar-refractivity contribution in [1.82, 2.24) is 4.84 Å². The van der Waals surface area contributed by atoms with Gasteiger partial charge in [-0.05, 0) is 55.7 Å². The van der Waals surface area contributed by atoms with Gasteiger partial charge in [-0.1, -0.05) is 0 Å². The first-order valence-corrected chi connectivity index (χ1v) is 6.61. The van der Waals surface area contributed by atoms with E-state index in [1.165, 1.54) is 7.11 Å². The molecule has 1 amide bonds. The summed E-state index contributed by atoms with van der Waals surface area (Å²) in [5.41, 5.74) is 4.86. The maximum absolute atomic E-state index is 11.9. The molecule has 0 aliphatic heterocycles. The van der Waals surface area contributed by atoms with Crippen LogP contribution >= 0.6 is 11.8 Å². The minimum absolute atomic E-state index is 0.120. The predicted octanol–water partition coefficient (Wildman–Crippen LogP) is 1.10. The molecule has 1 unspecified atom stereocenters. The van der Waals surface area contributed by atoms with Crippen LogP contribution < -0.4 is 10.6 Å². The van der Waals surface area contributed by atoms with Crippen LogP contribution in [0.25, 0.3) is 0 Å². The summed E-state index contributed by atoms with van der Waals surface area (Å²) in [5, 5.41) is 0. The van der Waals surface area contributed by atoms with Gasteiger partial charge < -0.3 is 10.5 Å². The fourth-order valence-electron chi connectivity index (χ4n) is 3.64. The molecule has 3 aliphatic rings. The number of halogens is 1. The monoisotopic (exact) mass is 274 g/mol. The smallest absolute Gasteiger partial charge is 0.311 e. The molecule has 0 aromatic carbocycles. The number of methoxy groups -OCH3 is 1. The van der Waals surface area contributed by atoms with Crippen LogP contribution in [-0.4, -0.2) is 25.0 Å². The van der Waals surface area contributed by atoms with Gasteiger partial charge in [-0.25, -0.2) is 4.84 Å². The molecule has 0 saturated heterocycles. The number of amides is 1. The van der Waals surface area contributed by atoms with Crippen LogP contribution in [0, 0.1) is 10.8 Å². The van der Waals surface area contributed by atoms with E-state index in [1.807, 2.05) is 0 Å². The molecule has 1 atom stereocenters. The Morgan fingerprint density at radius 2 is 1.72 bits per heavy atom. The molecule has 3 fully saturated rings. The standard InChI is InChI=1S/C12H19ClN2O3/c1-18-10(17)12-5-2-11(3-6-12,4-7-12)8(15-13)9(14)16/h8,15H,2-7H2,1H3,(H2,14,16). The maximum atomic E-state index is 11.9. The van der Waals surface area contributed by atoms with Gasteiger partial charge in [-0.2, -0.15) is 0 Å². The van der Waals surface area contributed by atoms with Crippen molar-refractivity contribution in [3.63, 3.8) is 0 Å². The number of ether oxygens (including phenoxy) is 1. The Balaban J connectivity index is 2.16. The minimum atomic E-state index is -0.518. The average Bonchev–Trinajstić information content (AvgIpc) is 2.40. The van der Waals surface area contributed by atoms with E-state index in [0.717, 1.165) is 38.5 Å². The number of hydrogen-bond acceptors (Lipinski definition) is 4. The van der Waals surface area contributed by atoms with Gasteiger partial charge in [0.2, 0.25) is 5.91 Å². The van der Waals surface area contributed by atoms with E-state index in [-0.39, 0.29) is 16.8 Å². The molecule has 3 saturated carbocycles. The molecule has 2 bridgehead atoms. The molecule has 0 spiro atoms. The van der Waals surface area contributed by atoms with Crippen LogP contribution in [0.3, 0.4) is 0 Å². The molecule has 0 aromatic heterocycles. The summed E-state index contributed by atoms with van der Waals surface area (Å²) in [6.07, 6.45) is 4.62. The summed E-state index contributed by atoms with van der Waals surface area (Å²) >= 11 is 5.66. The van der Waals surface area contributed by atoms with Crippen molar-refractivity contribution in [2.24, 2.45) is 16.6 Å². The van der Waals surface area contributed by atoms with Crippen molar-refractivity contribution in [3.05, 3.63) is 0 Å². The summed E-state index contributed by atoms with van der Waals surface area (Å²) in [7, 11) is 1.43. The average molecular weight is 275 g/mol. The van der Waals surface area contributed by atoms with Gasteiger partial charge in [0, 0.05) is 0 Å². The molecule has 0 aromatic rings. The number of hydrogen-bond donors (Lipinski definition) is 2. The molecular formula is C12H19ClN2O3. The first-order valence-electron chi connectivity index (χ1n) is 6.24. The summed E-state index contributed by atoms with van der Waals surface area (Å²) in [6.45, 7) is 0. The summed E-state index contributed by atoms with van der Waals surface area (Å²) in [4.78, 5) is 25.9. The number of esters is 1. The largest absolute Gasteiger partial charge is 0.469 e. The van der Waals surface area contributed by atoms with Crippen LogP contribution in [0.2, 0.25) is 0 Å². The predicted molar refractivity (Wildman–Crippen MR) is 66.6 cm³/mol. The van der Waals surface area contributed by atoms with Crippen molar-refractivity contribution in [2.75, 3.05) is 7.11 Å². The fourth-order valence-corrected chi connectivity index (χ4v) is 3.98. The lowest BCUT2D eigenvalue weighted by Crippen LogP contribution is -2.57. The second kappa shape index (κ2) is 4.70. The zero-order valence-electron chi connectivity index (χ0n) is 10.5. The Hall–Kier alpha value is -0.810. The van der Waals surface area contributed by atoms with Gasteiger partial charge in [0.1, 0.15) is 6.04 Å². The fraction of sp³-hybridized carbons (Fsp3) is 0.833. The highest BCUT2D eigenvalue weighted by atomic mass is 35.5. The zero-order valence-corrected chi connectivity index (χ0v) is 11.3. The van der Waals surface area contributed by atoms with Crippen molar-refractivity contribution >= 4 is 23.7 Å². The quantitative estimate of drug-likeness (QED) is 0.594. The molecule has 18 heavy (non-hydrogen) atoms. The second-order valence-corrected chi connectivity index (χ2v) is 5.80. The molecule has 0 heterocycles. The van der Waals surface area contributed by atoms with Crippen LogP contribution in [0.15, 0.2) is 0 Å². The van der Waals surface area contributed by atoms with E-state index in [1.54, 1.807) is 0 Å². The lowest BCUT2D eigenvalue weighted by molar-refractivity contribution is -0.164. The van der Waals surface area contributed by atoms with E-state index in [4.69, 9.17) is 22.2 Å². The van der Waals surface area contributed by atoms with Gasteiger partial charge in [-0.3, -0.25) is 9.59 Å². The van der Waals surface area contributed by atoms with Gasteiger partial charge in [-0.15, -0.1) is 0 Å². The maximum Gasteiger partial charge on any atom is 0.311 e. The number of primary amides is 1. The summed E-state index contributed by atoms with van der Waals surface area (Å²) < 4.78 is 4.90. The lowest BCUT2D eigenvalue weighted by atomic mass is 9.51. The van der Waals surface area contributed by atoms with Crippen LogP contribution in [-0.2, 0) is 14.3 Å². The molecule has 5 nitrogen and oxygen atoms in total. The van der Waals surface area contributed by atoms with Crippen molar-refractivity contribution in [3.8, 4) is 0 Å². The van der Waals surface area contributed by atoms with Gasteiger partial charge in [0.25, 0.3) is 0 Å². The number of fused-ring (bicyclic) bond motifs is 3. The minimum Gasteiger partial charge on any atom is -0.469 e. The Labute approximate surface area is 111 Å². The normalized spacial score (nSPS) is 36.1. The van der Waals surface area contributed by atoms with Gasteiger partial charge >= 0.3 is 5.97 Å². The third-order valence-corrected chi connectivity index (χ3v) is 5.15. The Morgan fingerprint density at radius 1 is 1.22 bits per heavy atom. The number of rotatable bonds is 4. The Kier molecular flexibility index (Phi) is 3.56. The Morgan fingerprint density at radius 3 is 2.06 bits per heavy atom. The highest BCUT2D eigenvalue weighted by Gasteiger charge is 2.56. The van der Waals surface area contributed by atoms with E-state index in [9.17, 15) is 9.59 Å². The first kappa shape index (κ1) is 13.6. The zero-order chi connectivity index (χ0) is 13.4. The number of nitrogens with two attached hydrogens (primary N) is 1. The SMILES string of the molecule is COC(=O)C12CCC(C(NCl)C(N)=O)(CC1)CC2. The van der Waals surface area contributed by atoms with Crippen molar-refractivity contribution in [1.29, 1.82) is 0 Å². The second-order valence-electron chi connectivity index (χ2n) is 5.58. The molecule has 3 aliphatic carbocycles. The third kappa shape index (κ3) is 1.89. The summed E-state index contributed by atoms with van der Waals surface area (Å²) in [6, 6.07) is -0.518. The van der Waals surface area contributed by atoms with Crippen LogP contribution in [0.5, 0.6) is 0 Å². The van der Waals surface area contributed by atoms with Crippen LogP contribution in [0.4, 0.5) is 0 Å². The Bertz CT molecular complexity index is 348. The van der Waals surface area contributed by atoms with E-state index in [2.05, 4.69) is 4.84 Å². The molecule has 102 valence electrons. The van der Waals surface area contributed by atoms with Gasteiger partial charge in [0.05, 0.1) is 12.5 Å². The highest BCUT2D eigenvalue weighted by Crippen LogP contribution is 2.58. The van der Waals surface area contributed by atoms with Crippen LogP contribution in [0.1, 0.15) is 38.5 Å². The topological polar surface area (TPSA) is 81.4 Å². The number of nitrogens with one attached hydrogen (secondary N) is 1. The molecule has 0 radical (unpaired) electrons. The van der Waals surface area contributed by atoms with Crippen molar-refractivity contribution in [2.45, 2.75) is 44.6 Å². The molecular weight excluding hydrogens is 256 g/mol. The molecule has 6 heteroatoms. The highest BCUT2D eigenvalue weighted by molar-refractivity contribution is 6.15. The number of carbonyl (C=O) groups is 2. The molecule has 3 N–H and O–H groups in total. The van der Waals surface area contributed by atoms with Crippen molar-refractivity contribution < 1.29 is 14.3 Å². The first-order chi connectivity index (χ1) is 8.49. The van der Waals surface area contributed by atoms with E-state index >= 15 is 0 Å². The lowest BCUT2D eigenvalue weighted by Gasteiger charge is -2.53. The number of carbonyl (C=O) groups excluding carboxylic acids is 2. The molecule has 3 rings (SSSR count). The van der Waals surface area contributed by atoms with Gasteiger partial charge in [0.15, 0.2) is 0 Å². The third-order valence-electron chi connectivity index (χ3n) is 4.93.